The van der Waals surface area contributed by atoms with Crippen molar-refractivity contribution in [3.8, 4) is 17.3 Å². The number of benzene rings is 1. The van der Waals surface area contributed by atoms with E-state index in [1.165, 1.54) is 19.5 Å². The highest BCUT2D eigenvalue weighted by atomic mass is 35.5. The summed E-state index contributed by atoms with van der Waals surface area (Å²) < 4.78 is 62.1. The van der Waals surface area contributed by atoms with Crippen molar-refractivity contribution in [2.75, 3.05) is 17.6 Å². The second kappa shape index (κ2) is 7.59. The molecule has 10 nitrogen and oxygen atoms in total. The fourth-order valence-corrected chi connectivity index (χ4v) is 4.16. The van der Waals surface area contributed by atoms with Crippen LogP contribution in [0.15, 0.2) is 35.5 Å². The molecule has 0 amide bonds. The number of nitrogens with zero attached hydrogens (tertiary/aromatic N) is 4. The summed E-state index contributed by atoms with van der Waals surface area (Å²) in [5.41, 5.74) is 4.78. The molecule has 0 aliphatic heterocycles. The van der Waals surface area contributed by atoms with Crippen LogP contribution in [0.4, 0.5) is 20.4 Å². The number of H-pyrrole nitrogens is 1. The minimum Gasteiger partial charge on any atom is -0.480 e. The molecule has 0 aliphatic carbocycles. The highest BCUT2D eigenvalue weighted by molar-refractivity contribution is 7.92. The number of fused-ring (bicyclic) bond motifs is 1. The maximum absolute atomic E-state index is 15.2. The Hall–Kier alpha value is -3.58. The minimum atomic E-state index is -4.40. The van der Waals surface area contributed by atoms with E-state index in [9.17, 15) is 12.8 Å². The molecule has 0 saturated carbocycles. The second-order valence-electron chi connectivity index (χ2n) is 6.10. The summed E-state index contributed by atoms with van der Waals surface area (Å²) in [6.45, 7) is 0. The standard InChI is InChI=1S/C17H12ClF2N7O3S/c1-30-16-11(4-7(18)5-23-16)31(28,29)27-9-3-2-8(19)12(13(9)20)15-22-6-10-14(25-15)26-17(21)24-10/h2-6,27H,1H3,(H3,21,22,24,25,26). The summed E-state index contributed by atoms with van der Waals surface area (Å²) in [6.07, 6.45) is 2.44. The van der Waals surface area contributed by atoms with Crippen molar-refractivity contribution in [1.82, 2.24) is 24.9 Å². The number of hydrogen-bond acceptors (Lipinski definition) is 8. The van der Waals surface area contributed by atoms with E-state index >= 15 is 4.39 Å². The molecular formula is C17H12ClF2N7O3S. The maximum atomic E-state index is 15.2. The van der Waals surface area contributed by atoms with E-state index in [1.807, 2.05) is 4.72 Å². The van der Waals surface area contributed by atoms with Crippen molar-refractivity contribution in [2.45, 2.75) is 4.90 Å². The molecule has 0 bridgehead atoms. The number of nitrogens with one attached hydrogen (secondary N) is 2. The topological polar surface area (TPSA) is 149 Å². The van der Waals surface area contributed by atoms with E-state index in [1.54, 1.807) is 0 Å². The average Bonchev–Trinajstić information content (AvgIpc) is 3.09. The van der Waals surface area contributed by atoms with E-state index in [0.29, 0.717) is 5.52 Å². The van der Waals surface area contributed by atoms with Crippen LogP contribution >= 0.6 is 11.6 Å². The molecule has 0 aliphatic rings. The molecule has 14 heteroatoms. The normalized spacial score (nSPS) is 11.6. The third kappa shape index (κ3) is 3.80. The Morgan fingerprint density at radius 1 is 1.19 bits per heavy atom. The van der Waals surface area contributed by atoms with Crippen LogP contribution in [0.25, 0.3) is 22.6 Å². The number of rotatable bonds is 5. The van der Waals surface area contributed by atoms with Crippen LogP contribution in [0.5, 0.6) is 5.88 Å². The molecule has 4 aromatic rings. The van der Waals surface area contributed by atoms with Gasteiger partial charge in [0.1, 0.15) is 11.3 Å². The van der Waals surface area contributed by atoms with Gasteiger partial charge in [-0.1, -0.05) is 11.6 Å². The average molecular weight is 468 g/mol. The van der Waals surface area contributed by atoms with E-state index in [-0.39, 0.29) is 28.3 Å². The van der Waals surface area contributed by atoms with Gasteiger partial charge < -0.3 is 15.5 Å². The van der Waals surface area contributed by atoms with Gasteiger partial charge in [0.2, 0.25) is 5.88 Å². The van der Waals surface area contributed by atoms with Crippen LogP contribution in [-0.4, -0.2) is 40.4 Å². The number of ether oxygens (including phenoxy) is 1. The Morgan fingerprint density at radius 3 is 2.71 bits per heavy atom. The number of pyridine rings is 1. The molecule has 0 radical (unpaired) electrons. The number of hydrogen-bond donors (Lipinski definition) is 3. The minimum absolute atomic E-state index is 0.0152. The van der Waals surface area contributed by atoms with Crippen LogP contribution in [0.3, 0.4) is 0 Å². The van der Waals surface area contributed by atoms with Gasteiger partial charge in [0.05, 0.1) is 29.6 Å². The molecule has 0 atom stereocenters. The van der Waals surface area contributed by atoms with Crippen LogP contribution in [0.1, 0.15) is 0 Å². The number of anilines is 2. The zero-order valence-electron chi connectivity index (χ0n) is 15.5. The van der Waals surface area contributed by atoms with E-state index < -0.39 is 37.8 Å². The molecule has 1 aromatic carbocycles. The molecule has 4 N–H and O–H groups in total. The molecule has 31 heavy (non-hydrogen) atoms. The van der Waals surface area contributed by atoms with E-state index in [0.717, 1.165) is 18.2 Å². The zero-order valence-corrected chi connectivity index (χ0v) is 17.1. The molecule has 160 valence electrons. The SMILES string of the molecule is COc1ncc(Cl)cc1S(=O)(=O)Nc1ccc(F)c(-c2ncc3[nH]c(N)nc3n2)c1F. The Balaban J connectivity index is 1.79. The van der Waals surface area contributed by atoms with Crippen molar-refractivity contribution in [1.29, 1.82) is 0 Å². The Kier molecular flexibility index (Phi) is 5.07. The number of aromatic nitrogens is 5. The molecule has 0 saturated heterocycles. The monoisotopic (exact) mass is 467 g/mol. The first-order valence-corrected chi connectivity index (χ1v) is 10.2. The van der Waals surface area contributed by atoms with Crippen LogP contribution in [-0.2, 0) is 10.0 Å². The molecular weight excluding hydrogens is 456 g/mol. The highest BCUT2D eigenvalue weighted by Crippen LogP contribution is 2.32. The third-order valence-electron chi connectivity index (χ3n) is 4.08. The van der Waals surface area contributed by atoms with Gasteiger partial charge >= 0.3 is 0 Å². The van der Waals surface area contributed by atoms with E-state index in [2.05, 4.69) is 24.9 Å². The van der Waals surface area contributed by atoms with Crippen LogP contribution in [0.2, 0.25) is 5.02 Å². The van der Waals surface area contributed by atoms with Gasteiger partial charge in [0.25, 0.3) is 10.0 Å². The fourth-order valence-electron chi connectivity index (χ4n) is 2.74. The number of imidazole rings is 1. The Labute approximate surface area is 178 Å². The smallest absolute Gasteiger partial charge is 0.267 e. The van der Waals surface area contributed by atoms with Crippen LogP contribution < -0.4 is 15.2 Å². The fraction of sp³-hybridized carbons (Fsp3) is 0.0588. The largest absolute Gasteiger partial charge is 0.480 e. The van der Waals surface area contributed by atoms with Crippen molar-refractivity contribution in [3.63, 3.8) is 0 Å². The van der Waals surface area contributed by atoms with Gasteiger partial charge in [0, 0.05) is 6.20 Å². The van der Waals surface area contributed by atoms with Gasteiger partial charge in [-0.25, -0.2) is 32.2 Å². The number of aromatic amines is 1. The van der Waals surface area contributed by atoms with Gasteiger partial charge in [-0.2, -0.15) is 4.98 Å². The quantitative estimate of drug-likeness (QED) is 0.405. The molecule has 3 aromatic heterocycles. The Morgan fingerprint density at radius 2 is 1.97 bits per heavy atom. The molecule has 3 heterocycles. The van der Waals surface area contributed by atoms with Crippen LogP contribution in [0, 0.1) is 11.6 Å². The molecule has 0 spiro atoms. The predicted molar refractivity (Wildman–Crippen MR) is 108 cm³/mol. The first kappa shape index (κ1) is 20.7. The summed E-state index contributed by atoms with van der Waals surface area (Å²) in [7, 11) is -3.19. The molecule has 4 rings (SSSR count). The lowest BCUT2D eigenvalue weighted by atomic mass is 10.1. The first-order valence-electron chi connectivity index (χ1n) is 8.38. The van der Waals surface area contributed by atoms with Crippen molar-refractivity contribution < 1.29 is 21.9 Å². The lowest BCUT2D eigenvalue weighted by Crippen LogP contribution is -2.16. The number of halogens is 3. The highest BCUT2D eigenvalue weighted by Gasteiger charge is 2.26. The van der Waals surface area contributed by atoms with Gasteiger partial charge in [-0.3, -0.25) is 4.72 Å². The third-order valence-corrected chi connectivity index (χ3v) is 5.65. The van der Waals surface area contributed by atoms with Crippen molar-refractivity contribution in [2.24, 2.45) is 0 Å². The van der Waals surface area contributed by atoms with Crippen molar-refractivity contribution in [3.05, 3.63) is 47.2 Å². The van der Waals surface area contributed by atoms with Gasteiger partial charge in [-0.15, -0.1) is 0 Å². The van der Waals surface area contributed by atoms with E-state index in [4.69, 9.17) is 22.1 Å². The summed E-state index contributed by atoms with van der Waals surface area (Å²) in [5, 5.41) is 0.0152. The molecule has 0 fully saturated rings. The molecule has 0 unspecified atom stereocenters. The number of nitrogens with two attached hydrogens (primary N) is 1. The van der Waals surface area contributed by atoms with Gasteiger partial charge in [-0.05, 0) is 18.2 Å². The first-order chi connectivity index (χ1) is 14.7. The number of nitrogen functional groups attached to an aromatic ring is 1. The second-order valence-corrected chi connectivity index (χ2v) is 8.19. The summed E-state index contributed by atoms with van der Waals surface area (Å²) >= 11 is 5.82. The lowest BCUT2D eigenvalue weighted by Gasteiger charge is -2.13. The number of methoxy groups -OCH3 is 1. The summed E-state index contributed by atoms with van der Waals surface area (Å²) in [6, 6.07) is 2.87. The maximum Gasteiger partial charge on any atom is 0.267 e. The van der Waals surface area contributed by atoms with Crippen molar-refractivity contribution >= 4 is 44.4 Å². The Bertz CT molecular complexity index is 1430. The summed E-state index contributed by atoms with van der Waals surface area (Å²) in [5.74, 6) is -2.81. The number of sulfonamides is 1. The lowest BCUT2D eigenvalue weighted by molar-refractivity contribution is 0.385. The zero-order chi connectivity index (χ0) is 22.3. The van der Waals surface area contributed by atoms with Gasteiger partial charge in [0.15, 0.2) is 28.1 Å². The predicted octanol–water partition coefficient (Wildman–Crippen LogP) is 2.74. The summed E-state index contributed by atoms with van der Waals surface area (Å²) in [4.78, 5) is 17.8.